The van der Waals surface area contributed by atoms with Crippen molar-refractivity contribution in [3.8, 4) is 5.69 Å². The van der Waals surface area contributed by atoms with Crippen molar-refractivity contribution in [3.05, 3.63) is 58.6 Å². The van der Waals surface area contributed by atoms with E-state index in [2.05, 4.69) is 26.1 Å². The summed E-state index contributed by atoms with van der Waals surface area (Å²) in [6.45, 7) is 0. The normalized spacial score (nSPS) is 12.0. The summed E-state index contributed by atoms with van der Waals surface area (Å²) >= 11 is 3.14. The molecule has 0 spiro atoms. The van der Waals surface area contributed by atoms with Crippen molar-refractivity contribution in [2.24, 2.45) is 10.9 Å². The molecule has 0 aliphatic rings. The van der Waals surface area contributed by atoms with Gasteiger partial charge in [-0.1, -0.05) is 17.3 Å². The molecule has 0 bridgehead atoms. The maximum Gasteiger partial charge on any atom is 0.171 e. The summed E-state index contributed by atoms with van der Waals surface area (Å²) in [6.07, 6.45) is 1.55. The number of hydrogen-bond acceptors (Lipinski definition) is 3. The molecule has 0 atom stereocenters. The Labute approximate surface area is 127 Å². The molecule has 1 heterocycles. The standard InChI is InChI=1S/C14H10BrFN4O/c15-12-8(14(17)19-21)5-6-11(13(12)16)20-7-18-9-3-1-2-4-10(9)20/h1-7,21H,(H2,17,19). The van der Waals surface area contributed by atoms with Gasteiger partial charge in [0.2, 0.25) is 0 Å². The summed E-state index contributed by atoms with van der Waals surface area (Å²) in [7, 11) is 0. The monoisotopic (exact) mass is 348 g/mol. The lowest BCUT2D eigenvalue weighted by molar-refractivity contribution is 0.318. The third-order valence-electron chi connectivity index (χ3n) is 3.16. The molecule has 3 rings (SSSR count). The Morgan fingerprint density at radius 3 is 2.81 bits per heavy atom. The van der Waals surface area contributed by atoms with E-state index in [9.17, 15) is 4.39 Å². The van der Waals surface area contributed by atoms with Gasteiger partial charge < -0.3 is 10.9 Å². The van der Waals surface area contributed by atoms with Crippen molar-refractivity contribution in [3.63, 3.8) is 0 Å². The Kier molecular flexibility index (Phi) is 3.34. The third-order valence-corrected chi connectivity index (χ3v) is 3.93. The fourth-order valence-electron chi connectivity index (χ4n) is 2.13. The molecule has 3 N–H and O–H groups in total. The van der Waals surface area contributed by atoms with Crippen LogP contribution in [0.2, 0.25) is 0 Å². The molecule has 0 saturated heterocycles. The summed E-state index contributed by atoms with van der Waals surface area (Å²) in [6, 6.07) is 10.6. The van der Waals surface area contributed by atoms with Crippen molar-refractivity contribution >= 4 is 32.8 Å². The Morgan fingerprint density at radius 1 is 1.29 bits per heavy atom. The van der Waals surface area contributed by atoms with Gasteiger partial charge >= 0.3 is 0 Å². The molecular weight excluding hydrogens is 339 g/mol. The molecule has 0 aliphatic heterocycles. The molecule has 0 amide bonds. The number of benzene rings is 2. The van der Waals surface area contributed by atoms with E-state index in [-0.39, 0.29) is 15.9 Å². The highest BCUT2D eigenvalue weighted by Crippen LogP contribution is 2.28. The minimum atomic E-state index is -0.512. The first kappa shape index (κ1) is 13.6. The molecule has 3 aromatic rings. The molecule has 0 radical (unpaired) electrons. The van der Waals surface area contributed by atoms with Crippen LogP contribution in [0.5, 0.6) is 0 Å². The van der Waals surface area contributed by atoms with Crippen LogP contribution in [-0.2, 0) is 0 Å². The molecule has 0 aliphatic carbocycles. The number of fused-ring (bicyclic) bond motifs is 1. The van der Waals surface area contributed by atoms with Crippen LogP contribution < -0.4 is 5.73 Å². The SMILES string of the molecule is N/C(=N/O)c1ccc(-n2cnc3ccccc32)c(F)c1Br. The maximum absolute atomic E-state index is 14.6. The number of rotatable bonds is 2. The van der Waals surface area contributed by atoms with Gasteiger partial charge in [0.1, 0.15) is 6.33 Å². The number of oxime groups is 1. The summed E-state index contributed by atoms with van der Waals surface area (Å²) in [5.41, 5.74) is 7.68. The van der Waals surface area contributed by atoms with E-state index in [1.165, 1.54) is 0 Å². The van der Waals surface area contributed by atoms with E-state index in [0.29, 0.717) is 5.69 Å². The largest absolute Gasteiger partial charge is 0.409 e. The maximum atomic E-state index is 14.6. The van der Waals surface area contributed by atoms with Crippen LogP contribution in [0.25, 0.3) is 16.7 Å². The Morgan fingerprint density at radius 2 is 2.05 bits per heavy atom. The van der Waals surface area contributed by atoms with Gasteiger partial charge in [0.25, 0.3) is 0 Å². The Hall–Kier alpha value is -2.41. The van der Waals surface area contributed by atoms with Crippen LogP contribution in [0, 0.1) is 5.82 Å². The molecule has 7 heteroatoms. The van der Waals surface area contributed by atoms with Crippen LogP contribution >= 0.6 is 15.9 Å². The van der Waals surface area contributed by atoms with Crippen LogP contribution in [0.15, 0.2) is 52.4 Å². The number of imidazole rings is 1. The topological polar surface area (TPSA) is 76.4 Å². The first-order valence-electron chi connectivity index (χ1n) is 6.02. The predicted molar refractivity (Wildman–Crippen MR) is 81.2 cm³/mol. The predicted octanol–water partition coefficient (Wildman–Crippen LogP) is 3.02. The highest BCUT2D eigenvalue weighted by Gasteiger charge is 2.16. The van der Waals surface area contributed by atoms with Gasteiger partial charge in [0.15, 0.2) is 11.7 Å². The number of amidine groups is 1. The first-order valence-corrected chi connectivity index (χ1v) is 6.81. The molecule has 106 valence electrons. The zero-order valence-corrected chi connectivity index (χ0v) is 12.2. The molecule has 0 unspecified atom stereocenters. The van der Waals surface area contributed by atoms with E-state index in [4.69, 9.17) is 10.9 Å². The lowest BCUT2D eigenvalue weighted by atomic mass is 10.1. The summed E-state index contributed by atoms with van der Waals surface area (Å²) in [4.78, 5) is 4.23. The van der Waals surface area contributed by atoms with Gasteiger partial charge in [-0.05, 0) is 40.2 Å². The summed E-state index contributed by atoms with van der Waals surface area (Å²) in [5.74, 6) is -0.676. The highest BCUT2D eigenvalue weighted by atomic mass is 79.9. The van der Waals surface area contributed by atoms with Crippen molar-refractivity contribution < 1.29 is 9.60 Å². The van der Waals surface area contributed by atoms with Crippen LogP contribution in [-0.4, -0.2) is 20.6 Å². The average molecular weight is 349 g/mol. The van der Waals surface area contributed by atoms with E-state index >= 15 is 0 Å². The fourth-order valence-corrected chi connectivity index (χ4v) is 2.67. The zero-order valence-electron chi connectivity index (χ0n) is 10.7. The Balaban J connectivity index is 2.22. The number of nitrogens with zero attached hydrogens (tertiary/aromatic N) is 3. The molecule has 5 nitrogen and oxygen atoms in total. The van der Waals surface area contributed by atoms with Gasteiger partial charge in [0, 0.05) is 5.56 Å². The minimum Gasteiger partial charge on any atom is -0.409 e. The van der Waals surface area contributed by atoms with Crippen molar-refractivity contribution in [1.82, 2.24) is 9.55 Å². The van der Waals surface area contributed by atoms with E-state index in [1.807, 2.05) is 24.3 Å². The number of halogens is 2. The first-order chi connectivity index (χ1) is 10.1. The Bertz CT molecular complexity index is 859. The van der Waals surface area contributed by atoms with E-state index in [1.54, 1.807) is 23.0 Å². The lowest BCUT2D eigenvalue weighted by Gasteiger charge is -2.10. The zero-order chi connectivity index (χ0) is 15.0. The number of hydrogen-bond donors (Lipinski definition) is 2. The van der Waals surface area contributed by atoms with Crippen LogP contribution in [0.4, 0.5) is 4.39 Å². The molecule has 21 heavy (non-hydrogen) atoms. The number of para-hydroxylation sites is 2. The van der Waals surface area contributed by atoms with Gasteiger partial charge in [-0.2, -0.15) is 0 Å². The third kappa shape index (κ3) is 2.15. The summed E-state index contributed by atoms with van der Waals surface area (Å²) < 4.78 is 16.3. The van der Waals surface area contributed by atoms with E-state index in [0.717, 1.165) is 11.0 Å². The van der Waals surface area contributed by atoms with Crippen molar-refractivity contribution in [1.29, 1.82) is 0 Å². The number of aromatic nitrogens is 2. The fraction of sp³-hybridized carbons (Fsp3) is 0. The van der Waals surface area contributed by atoms with Gasteiger partial charge in [-0.3, -0.25) is 4.57 Å². The molecule has 2 aromatic carbocycles. The smallest absolute Gasteiger partial charge is 0.171 e. The van der Waals surface area contributed by atoms with Gasteiger partial charge in [-0.25, -0.2) is 9.37 Å². The lowest BCUT2D eigenvalue weighted by Crippen LogP contribution is -2.15. The minimum absolute atomic E-state index is 0.132. The molecule has 0 saturated carbocycles. The highest BCUT2D eigenvalue weighted by molar-refractivity contribution is 9.10. The molecular formula is C14H10BrFN4O. The quantitative estimate of drug-likeness (QED) is 0.323. The van der Waals surface area contributed by atoms with Crippen LogP contribution in [0.3, 0.4) is 0 Å². The van der Waals surface area contributed by atoms with E-state index < -0.39 is 5.82 Å². The van der Waals surface area contributed by atoms with Crippen LogP contribution in [0.1, 0.15) is 5.56 Å². The molecule has 0 fully saturated rings. The van der Waals surface area contributed by atoms with Gasteiger partial charge in [-0.15, -0.1) is 0 Å². The average Bonchev–Trinajstić information content (AvgIpc) is 2.93. The second kappa shape index (κ2) is 5.17. The second-order valence-corrected chi connectivity index (χ2v) is 5.14. The van der Waals surface area contributed by atoms with Crippen molar-refractivity contribution in [2.45, 2.75) is 0 Å². The van der Waals surface area contributed by atoms with Gasteiger partial charge in [0.05, 0.1) is 21.2 Å². The summed E-state index contributed by atoms with van der Waals surface area (Å²) in [5, 5.41) is 11.6. The second-order valence-electron chi connectivity index (χ2n) is 4.35. The van der Waals surface area contributed by atoms with Crippen molar-refractivity contribution in [2.75, 3.05) is 0 Å². The molecule has 1 aromatic heterocycles. The number of nitrogens with two attached hydrogens (primary N) is 1.